The predicted molar refractivity (Wildman–Crippen MR) is 116 cm³/mol. The largest absolute Gasteiger partial charge is 0.497 e. The second-order valence-corrected chi connectivity index (χ2v) is 7.70. The molecule has 0 amide bonds. The molecule has 0 fully saturated rings. The molecular formula is C20H24Cl2FN5O. The molecule has 9 heteroatoms. The first-order valence-electron chi connectivity index (χ1n) is 9.29. The van der Waals surface area contributed by atoms with Crippen LogP contribution in [0.3, 0.4) is 0 Å². The molecule has 0 bridgehead atoms. The minimum atomic E-state index is -0.399. The fourth-order valence-corrected chi connectivity index (χ4v) is 3.79. The smallest absolute Gasteiger partial charge is 0.165 e. The van der Waals surface area contributed by atoms with Gasteiger partial charge in [0.2, 0.25) is 0 Å². The van der Waals surface area contributed by atoms with E-state index in [2.05, 4.69) is 20.7 Å². The summed E-state index contributed by atoms with van der Waals surface area (Å²) in [6, 6.07) is 5.18. The number of anilines is 1. The van der Waals surface area contributed by atoms with E-state index in [1.165, 1.54) is 0 Å². The maximum absolute atomic E-state index is 12.6. The van der Waals surface area contributed by atoms with Crippen molar-refractivity contribution >= 4 is 34.7 Å². The molecular weight excluding hydrogens is 416 g/mol. The molecule has 156 valence electrons. The van der Waals surface area contributed by atoms with Gasteiger partial charge in [-0.25, -0.2) is 9.37 Å². The number of hydrogen-bond donors (Lipinski definition) is 2. The topological polar surface area (TPSA) is 63.5 Å². The van der Waals surface area contributed by atoms with Crippen molar-refractivity contribution in [2.45, 2.75) is 26.8 Å². The molecule has 0 aliphatic rings. The van der Waals surface area contributed by atoms with Crippen molar-refractivity contribution in [1.29, 1.82) is 0 Å². The summed E-state index contributed by atoms with van der Waals surface area (Å²) in [6.07, 6.45) is 0. The van der Waals surface area contributed by atoms with Crippen molar-refractivity contribution in [3.8, 4) is 16.9 Å². The number of methoxy groups -OCH3 is 1. The summed E-state index contributed by atoms with van der Waals surface area (Å²) in [7, 11) is 1.56. The number of nitrogens with one attached hydrogen (secondary N) is 2. The van der Waals surface area contributed by atoms with E-state index >= 15 is 0 Å². The Bertz CT molecular complexity index is 1000. The predicted octanol–water partition coefficient (Wildman–Crippen LogP) is 4.69. The van der Waals surface area contributed by atoms with Crippen LogP contribution in [0.15, 0.2) is 18.2 Å². The molecule has 0 spiro atoms. The highest BCUT2D eigenvalue weighted by atomic mass is 35.5. The Balaban J connectivity index is 2.01. The van der Waals surface area contributed by atoms with Crippen molar-refractivity contribution in [2.24, 2.45) is 0 Å². The van der Waals surface area contributed by atoms with Gasteiger partial charge >= 0.3 is 0 Å². The van der Waals surface area contributed by atoms with Gasteiger partial charge in [0.05, 0.1) is 28.4 Å². The molecule has 0 saturated heterocycles. The van der Waals surface area contributed by atoms with Crippen LogP contribution in [0.5, 0.6) is 5.75 Å². The highest BCUT2D eigenvalue weighted by Crippen LogP contribution is 2.41. The zero-order valence-electron chi connectivity index (χ0n) is 16.8. The number of alkyl halides is 1. The maximum Gasteiger partial charge on any atom is 0.165 e. The van der Waals surface area contributed by atoms with E-state index in [1.54, 1.807) is 30.7 Å². The number of nitrogens with zero attached hydrogens (tertiary/aromatic N) is 3. The van der Waals surface area contributed by atoms with Gasteiger partial charge < -0.3 is 15.4 Å². The van der Waals surface area contributed by atoms with Gasteiger partial charge in [-0.15, -0.1) is 0 Å². The maximum atomic E-state index is 12.6. The van der Waals surface area contributed by atoms with Crippen LogP contribution in [-0.4, -0.2) is 47.5 Å². The lowest BCUT2D eigenvalue weighted by Gasteiger charge is -2.13. The zero-order chi connectivity index (χ0) is 21.1. The molecule has 2 N–H and O–H groups in total. The van der Waals surface area contributed by atoms with Crippen molar-refractivity contribution < 1.29 is 9.13 Å². The number of ether oxygens (including phenoxy) is 1. The Morgan fingerprint density at radius 3 is 2.45 bits per heavy atom. The minimum absolute atomic E-state index is 0.172. The van der Waals surface area contributed by atoms with E-state index in [4.69, 9.17) is 27.9 Å². The zero-order valence-corrected chi connectivity index (χ0v) is 18.3. The number of halogens is 3. The lowest BCUT2D eigenvalue weighted by atomic mass is 10.1. The monoisotopic (exact) mass is 439 g/mol. The summed E-state index contributed by atoms with van der Waals surface area (Å²) in [5.41, 5.74) is 3.68. The molecule has 6 nitrogen and oxygen atoms in total. The Morgan fingerprint density at radius 2 is 1.83 bits per heavy atom. The second-order valence-electron chi connectivity index (χ2n) is 6.88. The number of aryl methyl sites for hydroxylation is 2. The molecule has 1 aromatic carbocycles. The van der Waals surface area contributed by atoms with Crippen LogP contribution in [0.1, 0.15) is 18.3 Å². The Kier molecular flexibility index (Phi) is 6.82. The van der Waals surface area contributed by atoms with E-state index in [0.717, 1.165) is 22.8 Å². The number of benzene rings is 1. The number of fused-ring (bicyclic) bond motifs is 1. The van der Waals surface area contributed by atoms with Gasteiger partial charge in [0.1, 0.15) is 18.2 Å². The molecule has 0 aliphatic carbocycles. The molecule has 3 aromatic rings. The van der Waals surface area contributed by atoms with Gasteiger partial charge in [-0.05, 0) is 32.9 Å². The first-order valence-corrected chi connectivity index (χ1v) is 10.0. The van der Waals surface area contributed by atoms with Crippen molar-refractivity contribution in [3.05, 3.63) is 39.6 Å². The van der Waals surface area contributed by atoms with Crippen molar-refractivity contribution in [3.63, 3.8) is 0 Å². The molecule has 29 heavy (non-hydrogen) atoms. The van der Waals surface area contributed by atoms with Gasteiger partial charge in [-0.2, -0.15) is 9.61 Å². The van der Waals surface area contributed by atoms with Gasteiger partial charge in [0, 0.05) is 36.5 Å². The Morgan fingerprint density at radius 1 is 1.14 bits per heavy atom. The lowest BCUT2D eigenvalue weighted by Crippen LogP contribution is -2.32. The molecule has 0 aliphatic heterocycles. The van der Waals surface area contributed by atoms with Gasteiger partial charge in [-0.3, -0.25) is 0 Å². The molecule has 2 heterocycles. The highest BCUT2D eigenvalue weighted by Gasteiger charge is 2.21. The van der Waals surface area contributed by atoms with E-state index < -0.39 is 6.67 Å². The van der Waals surface area contributed by atoms with Gasteiger partial charge in [0.15, 0.2) is 5.65 Å². The van der Waals surface area contributed by atoms with Crippen LogP contribution < -0.4 is 15.4 Å². The van der Waals surface area contributed by atoms with E-state index in [9.17, 15) is 4.39 Å². The van der Waals surface area contributed by atoms with E-state index in [0.29, 0.717) is 40.1 Å². The van der Waals surface area contributed by atoms with Crippen molar-refractivity contribution in [1.82, 2.24) is 19.9 Å². The fraction of sp³-hybridized carbons (Fsp3) is 0.400. The van der Waals surface area contributed by atoms with Gasteiger partial charge in [-0.1, -0.05) is 23.2 Å². The standard InChI is InChI=1S/C20H24Cl2FN5O/c1-11-7-17(25-6-5-24-12(2)10-23)28-20(26-11)18(13(3)27-28)19-15(21)8-14(29-4)9-16(19)22/h7-9,12,24-25H,5-6,10H2,1-4H3. The third kappa shape index (κ3) is 4.57. The van der Waals surface area contributed by atoms with Gasteiger partial charge in [0.25, 0.3) is 0 Å². The van der Waals surface area contributed by atoms with Crippen LogP contribution in [-0.2, 0) is 0 Å². The summed E-state index contributed by atoms with van der Waals surface area (Å²) in [4.78, 5) is 4.67. The molecule has 0 saturated carbocycles. The number of rotatable bonds is 8. The summed E-state index contributed by atoms with van der Waals surface area (Å²) in [5, 5.41) is 12.0. The summed E-state index contributed by atoms with van der Waals surface area (Å²) in [6.45, 7) is 6.45. The third-order valence-corrected chi connectivity index (χ3v) is 5.14. The quantitative estimate of drug-likeness (QED) is 0.498. The van der Waals surface area contributed by atoms with Crippen LogP contribution >= 0.6 is 23.2 Å². The summed E-state index contributed by atoms with van der Waals surface area (Å²) >= 11 is 13.0. The van der Waals surface area contributed by atoms with Crippen LogP contribution in [0, 0.1) is 13.8 Å². The summed E-state index contributed by atoms with van der Waals surface area (Å²) < 4.78 is 19.6. The molecule has 1 atom stereocenters. The number of aromatic nitrogens is 3. The SMILES string of the molecule is COc1cc(Cl)c(-c2c(C)nn3c(NCCNC(C)CF)cc(C)nc23)c(Cl)c1. The molecule has 2 aromatic heterocycles. The highest BCUT2D eigenvalue weighted by molar-refractivity contribution is 6.39. The average molecular weight is 440 g/mol. The second kappa shape index (κ2) is 9.15. The Labute approximate surface area is 179 Å². The van der Waals surface area contributed by atoms with E-state index in [1.807, 2.05) is 19.9 Å². The minimum Gasteiger partial charge on any atom is -0.497 e. The first kappa shape index (κ1) is 21.6. The van der Waals surface area contributed by atoms with Crippen LogP contribution in [0.4, 0.5) is 10.2 Å². The molecule has 0 radical (unpaired) electrons. The van der Waals surface area contributed by atoms with E-state index in [-0.39, 0.29) is 6.04 Å². The molecule has 3 rings (SSSR count). The average Bonchev–Trinajstić information content (AvgIpc) is 3.00. The van der Waals surface area contributed by atoms with Crippen molar-refractivity contribution in [2.75, 3.05) is 32.2 Å². The Hall–Kier alpha value is -2.09. The normalized spacial score (nSPS) is 12.4. The fourth-order valence-electron chi connectivity index (χ4n) is 3.13. The third-order valence-electron chi connectivity index (χ3n) is 4.55. The number of hydrogen-bond acceptors (Lipinski definition) is 5. The first-order chi connectivity index (χ1) is 13.8. The molecule has 1 unspecified atom stereocenters. The van der Waals surface area contributed by atoms with Crippen LogP contribution in [0.25, 0.3) is 16.8 Å². The van der Waals surface area contributed by atoms with Crippen LogP contribution in [0.2, 0.25) is 10.0 Å². The summed E-state index contributed by atoms with van der Waals surface area (Å²) in [5.74, 6) is 1.37. The lowest BCUT2D eigenvalue weighted by molar-refractivity contribution is 0.396.